The zero-order valence-electron chi connectivity index (χ0n) is 30.4. The minimum Gasteiger partial charge on any atom is -0.505 e. The average Bonchev–Trinajstić information content (AvgIpc) is 3.80. The van der Waals surface area contributed by atoms with Gasteiger partial charge >= 0.3 is 23.5 Å². The van der Waals surface area contributed by atoms with Gasteiger partial charge in [0.2, 0.25) is 11.8 Å². The van der Waals surface area contributed by atoms with Crippen molar-refractivity contribution in [3.63, 3.8) is 0 Å². The second-order valence-corrected chi connectivity index (χ2v) is 18.6. The molecule has 5 rings (SSSR count). The third-order valence-corrected chi connectivity index (χ3v) is 12.5. The van der Waals surface area contributed by atoms with Crippen molar-refractivity contribution >= 4 is 74.9 Å². The molecule has 1 aromatic carbocycles. The number of phosphoric acid groups is 3. The number of benzene rings is 1. The minimum absolute atomic E-state index is 0.0305. The Balaban J connectivity index is 1.06. The summed E-state index contributed by atoms with van der Waals surface area (Å²) in [5, 5.41) is 38.1. The fourth-order valence-electron chi connectivity index (χ4n) is 5.49. The van der Waals surface area contributed by atoms with Gasteiger partial charge in [0, 0.05) is 36.1 Å². The Labute approximate surface area is 332 Å². The molecule has 0 spiro atoms. The molecule has 1 saturated heterocycles. The number of carbonyl (C=O) groups is 2. The molecule has 1 aliphatic rings. The molecule has 2 amide bonds. The van der Waals surface area contributed by atoms with Gasteiger partial charge in [-0.2, -0.15) is 4.31 Å². The first-order chi connectivity index (χ1) is 27.1. The number of aliphatic hydroxyl groups is 2. The first kappa shape index (κ1) is 45.5. The fourth-order valence-corrected chi connectivity index (χ4v) is 9.16. The number of fused-ring (bicyclic) bond motifs is 2. The zero-order valence-corrected chi connectivity index (χ0v) is 33.9. The van der Waals surface area contributed by atoms with Gasteiger partial charge in [-0.05, 0) is 12.1 Å². The molecule has 29 heteroatoms. The molecule has 7 atom stereocenters. The molecule has 4 heterocycles. The van der Waals surface area contributed by atoms with E-state index in [1.807, 2.05) is 12.1 Å². The first-order valence-corrected chi connectivity index (χ1v) is 22.4. The molecule has 0 bridgehead atoms. The number of aromatic amines is 1. The van der Waals surface area contributed by atoms with Crippen LogP contribution >= 0.6 is 35.2 Å². The second kappa shape index (κ2) is 18.4. The number of nitrogen functional groups attached to an aromatic ring is 1. The van der Waals surface area contributed by atoms with E-state index >= 15 is 0 Å². The summed E-state index contributed by atoms with van der Waals surface area (Å²) < 4.78 is 62.2. The number of nitrogens with zero attached hydrogens (tertiary/aromatic N) is 4. The van der Waals surface area contributed by atoms with Gasteiger partial charge < -0.3 is 61.0 Å². The Morgan fingerprint density at radius 2 is 1.78 bits per heavy atom. The first-order valence-electron chi connectivity index (χ1n) is 16.9. The number of hydrogen-bond acceptors (Lipinski definition) is 18. The van der Waals surface area contributed by atoms with Crippen molar-refractivity contribution in [1.29, 1.82) is 0 Å². The Bertz CT molecular complexity index is 2260. The van der Waals surface area contributed by atoms with E-state index in [-0.39, 0.29) is 42.2 Å². The van der Waals surface area contributed by atoms with Gasteiger partial charge in [-0.3, -0.25) is 27.7 Å². The largest absolute Gasteiger partial charge is 0.505 e. The standard InChI is InChI=1S/C29H41N8O17P3S/c1-29(2,23(41)26(42)32-8-7-18(38)31-9-10-58-27-20(39)15-5-3-4-6-16(15)36-27)12-51-57(48,49)54-56(46,47)50-11-17-22(53-55(43,44)45)21(40)28(52-17)37-14-35-19-24(30)33-13-34-25(19)37/h3-6,13-14,17,21-23,28,36,39-41H,7-12H2,1-2H3,(H,31,38)(H,32,42)(H,46,47)(H,48,49)(H2,30,33,34)(H2,43,44,45)/t17-,21-,22-,23+,28-/m1/s1. The predicted molar refractivity (Wildman–Crippen MR) is 200 cm³/mol. The van der Waals surface area contributed by atoms with Crippen LogP contribution in [0, 0.1) is 5.41 Å². The van der Waals surface area contributed by atoms with Crippen molar-refractivity contribution in [1.82, 2.24) is 35.1 Å². The number of phosphoric ester groups is 3. The van der Waals surface area contributed by atoms with Gasteiger partial charge in [-0.1, -0.05) is 26.0 Å². The summed E-state index contributed by atoms with van der Waals surface area (Å²) >= 11 is 1.30. The number of carbonyl (C=O) groups excluding carboxylic acids is 2. The van der Waals surface area contributed by atoms with Gasteiger partial charge in [0.25, 0.3) is 0 Å². The van der Waals surface area contributed by atoms with Crippen LogP contribution < -0.4 is 16.4 Å². The van der Waals surface area contributed by atoms with Crippen molar-refractivity contribution < 1.29 is 80.8 Å². The fraction of sp³-hybridized carbons (Fsp3) is 0.483. The molecule has 2 unspecified atom stereocenters. The molecule has 58 heavy (non-hydrogen) atoms. The van der Waals surface area contributed by atoms with E-state index in [1.165, 1.54) is 25.6 Å². The number of nitrogens with two attached hydrogens (primary N) is 1. The van der Waals surface area contributed by atoms with Crippen LogP contribution in [-0.2, 0) is 45.9 Å². The molecular weight excluding hydrogens is 857 g/mol. The number of para-hydroxylation sites is 1. The van der Waals surface area contributed by atoms with E-state index in [9.17, 15) is 58.2 Å². The smallest absolute Gasteiger partial charge is 0.481 e. The Hall–Kier alpha value is -3.55. The molecule has 0 radical (unpaired) electrons. The van der Waals surface area contributed by atoms with Crippen LogP contribution in [0.4, 0.5) is 5.82 Å². The SMILES string of the molecule is CC(C)(COP(=O)(O)OP(=O)(O)OC[C@H]1O[C@@H](n2cnc3c(N)ncnc32)[C@H](O)[C@@H]1OP(=O)(O)O)[C@@H](O)C(=O)NCCC(=O)NCCSc1[nH]c2ccccc2c1O. The highest BCUT2D eigenvalue weighted by molar-refractivity contribution is 7.99. The molecule has 25 nitrogen and oxygen atoms in total. The van der Waals surface area contributed by atoms with Gasteiger partial charge in [-0.15, -0.1) is 11.8 Å². The maximum absolute atomic E-state index is 12.7. The lowest BCUT2D eigenvalue weighted by molar-refractivity contribution is -0.137. The van der Waals surface area contributed by atoms with Crippen LogP contribution in [0.5, 0.6) is 5.75 Å². The number of anilines is 1. The summed E-state index contributed by atoms with van der Waals surface area (Å²) in [6.45, 7) is 0.550. The van der Waals surface area contributed by atoms with E-state index < -0.39 is 84.6 Å². The summed E-state index contributed by atoms with van der Waals surface area (Å²) in [4.78, 5) is 79.0. The number of amides is 2. The number of aliphatic hydroxyl groups excluding tert-OH is 2. The molecule has 12 N–H and O–H groups in total. The van der Waals surface area contributed by atoms with Gasteiger partial charge in [0.15, 0.2) is 23.4 Å². The lowest BCUT2D eigenvalue weighted by atomic mass is 9.87. The highest BCUT2D eigenvalue weighted by Crippen LogP contribution is 2.61. The predicted octanol–water partition coefficient (Wildman–Crippen LogP) is 0.384. The van der Waals surface area contributed by atoms with E-state index in [0.29, 0.717) is 16.2 Å². The number of ether oxygens (including phenoxy) is 1. The zero-order chi connectivity index (χ0) is 42.6. The summed E-state index contributed by atoms with van der Waals surface area (Å²) in [7, 11) is -16.4. The summed E-state index contributed by atoms with van der Waals surface area (Å²) in [5.41, 5.74) is 5.03. The number of rotatable bonds is 20. The highest BCUT2D eigenvalue weighted by Gasteiger charge is 2.50. The van der Waals surface area contributed by atoms with Crippen molar-refractivity contribution in [2.45, 2.75) is 55.9 Å². The number of aromatic hydroxyl groups is 1. The minimum atomic E-state index is -5.57. The summed E-state index contributed by atoms with van der Waals surface area (Å²) in [6.07, 6.45) is -6.91. The summed E-state index contributed by atoms with van der Waals surface area (Å²) in [5.74, 6) is -0.896. The number of H-pyrrole nitrogens is 1. The number of imidazole rings is 1. The van der Waals surface area contributed by atoms with E-state index in [1.54, 1.807) is 12.1 Å². The van der Waals surface area contributed by atoms with Crippen LogP contribution in [-0.4, -0.2) is 128 Å². The number of aromatic nitrogens is 5. The van der Waals surface area contributed by atoms with Crippen molar-refractivity contribution in [3.8, 4) is 5.75 Å². The Morgan fingerprint density at radius 1 is 1.07 bits per heavy atom. The third-order valence-electron chi connectivity index (χ3n) is 8.39. The molecule has 1 aliphatic heterocycles. The van der Waals surface area contributed by atoms with Crippen molar-refractivity contribution in [2.75, 3.05) is 37.8 Å². The van der Waals surface area contributed by atoms with E-state index in [2.05, 4.69) is 39.4 Å². The monoisotopic (exact) mass is 898 g/mol. The third kappa shape index (κ3) is 11.6. The normalized spacial score (nSPS) is 21.4. The average molecular weight is 899 g/mol. The van der Waals surface area contributed by atoms with Gasteiger partial charge in [-0.25, -0.2) is 28.6 Å². The molecule has 3 aromatic heterocycles. The molecule has 0 aliphatic carbocycles. The quantitative estimate of drug-likeness (QED) is 0.0324. The Kier molecular flexibility index (Phi) is 14.4. The Morgan fingerprint density at radius 3 is 2.48 bits per heavy atom. The van der Waals surface area contributed by atoms with Crippen LogP contribution in [0.3, 0.4) is 0 Å². The number of nitrogens with one attached hydrogen (secondary N) is 3. The van der Waals surface area contributed by atoms with Crippen LogP contribution in [0.25, 0.3) is 22.1 Å². The topological polar surface area (TPSA) is 383 Å². The molecule has 4 aromatic rings. The van der Waals surface area contributed by atoms with Crippen LogP contribution in [0.2, 0.25) is 0 Å². The molecule has 0 saturated carbocycles. The number of hydrogen-bond donors (Lipinski definition) is 11. The van der Waals surface area contributed by atoms with Crippen LogP contribution in [0.15, 0.2) is 41.9 Å². The molecule has 320 valence electrons. The lowest BCUT2D eigenvalue weighted by Crippen LogP contribution is -2.46. The second-order valence-electron chi connectivity index (χ2n) is 13.3. The van der Waals surface area contributed by atoms with Gasteiger partial charge in [0.05, 0.1) is 25.1 Å². The van der Waals surface area contributed by atoms with E-state index in [0.717, 1.165) is 22.7 Å². The van der Waals surface area contributed by atoms with E-state index in [4.69, 9.17) is 19.5 Å². The van der Waals surface area contributed by atoms with Gasteiger partial charge in [0.1, 0.15) is 41.3 Å². The van der Waals surface area contributed by atoms with Crippen LogP contribution in [0.1, 0.15) is 26.5 Å². The maximum atomic E-state index is 12.7. The van der Waals surface area contributed by atoms with Crippen molar-refractivity contribution in [3.05, 3.63) is 36.9 Å². The summed E-state index contributed by atoms with van der Waals surface area (Å²) in [6, 6.07) is 7.21. The molecule has 1 fully saturated rings. The molecular formula is C29H41N8O17P3S. The highest BCUT2D eigenvalue weighted by atomic mass is 32.2. The maximum Gasteiger partial charge on any atom is 0.481 e. The number of thioether (sulfide) groups is 1. The van der Waals surface area contributed by atoms with Crippen molar-refractivity contribution in [2.24, 2.45) is 5.41 Å². The lowest BCUT2D eigenvalue weighted by Gasteiger charge is -2.30.